The van der Waals surface area contributed by atoms with E-state index in [4.69, 9.17) is 9.47 Å². The molecule has 4 rings (SSSR count). The van der Waals surface area contributed by atoms with Crippen LogP contribution in [0.25, 0.3) is 0 Å². The summed E-state index contributed by atoms with van der Waals surface area (Å²) in [5.74, 6) is 0.397. The van der Waals surface area contributed by atoms with Crippen LogP contribution in [0.15, 0.2) is 30.9 Å². The average Bonchev–Trinajstić information content (AvgIpc) is 3.18. The van der Waals surface area contributed by atoms with Gasteiger partial charge >= 0.3 is 0 Å². The Morgan fingerprint density at radius 1 is 1.46 bits per heavy atom. The van der Waals surface area contributed by atoms with Gasteiger partial charge in [0.05, 0.1) is 24.9 Å². The Morgan fingerprint density at radius 3 is 3.08 bits per heavy atom. The van der Waals surface area contributed by atoms with Gasteiger partial charge in [-0.2, -0.15) is 0 Å². The maximum Gasteiger partial charge on any atom is 0.181 e. The molecule has 2 aromatic heterocycles. The normalized spacial score (nSPS) is 32.2. The van der Waals surface area contributed by atoms with Crippen LogP contribution in [0.4, 0.5) is 4.39 Å². The first-order chi connectivity index (χ1) is 11.6. The summed E-state index contributed by atoms with van der Waals surface area (Å²) < 4.78 is 27.2. The van der Waals surface area contributed by atoms with Crippen molar-refractivity contribution in [2.45, 2.75) is 44.1 Å². The average molecular weight is 334 g/mol. The number of hydrogen-bond acceptors (Lipinski definition) is 6. The first kappa shape index (κ1) is 15.6. The second-order valence-electron chi connectivity index (χ2n) is 6.11. The Labute approximate surface area is 138 Å². The molecule has 7 nitrogen and oxygen atoms in total. The van der Waals surface area contributed by atoms with Crippen LogP contribution in [0.2, 0.25) is 0 Å². The highest BCUT2D eigenvalue weighted by Crippen LogP contribution is 2.36. The highest BCUT2D eigenvalue weighted by molar-refractivity contribution is 5.13. The number of nitrogens with one attached hydrogen (secondary N) is 1. The van der Waals surface area contributed by atoms with Crippen LogP contribution in [0.3, 0.4) is 0 Å². The van der Waals surface area contributed by atoms with Crippen molar-refractivity contribution >= 4 is 0 Å². The van der Waals surface area contributed by atoms with Crippen LogP contribution < -0.4 is 5.32 Å². The van der Waals surface area contributed by atoms with Crippen molar-refractivity contribution in [1.29, 1.82) is 0 Å². The third-order valence-electron chi connectivity index (χ3n) is 4.70. The lowest BCUT2D eigenvalue weighted by Crippen LogP contribution is -2.57. The molecule has 0 aliphatic carbocycles. The minimum atomic E-state index is -0.742. The molecule has 128 valence electrons. The van der Waals surface area contributed by atoms with Gasteiger partial charge in [0.1, 0.15) is 23.8 Å². The maximum atomic E-state index is 13.7. The zero-order valence-corrected chi connectivity index (χ0v) is 13.2. The zero-order chi connectivity index (χ0) is 16.7. The van der Waals surface area contributed by atoms with Crippen LogP contribution in [-0.4, -0.2) is 50.8 Å². The fourth-order valence-electron chi connectivity index (χ4n) is 3.43. The summed E-state index contributed by atoms with van der Waals surface area (Å²) in [6, 6.07) is 0.846. The fourth-order valence-corrected chi connectivity index (χ4v) is 3.43. The second kappa shape index (κ2) is 6.21. The van der Waals surface area contributed by atoms with Gasteiger partial charge in [0.15, 0.2) is 6.29 Å². The van der Waals surface area contributed by atoms with E-state index >= 15 is 0 Å². The third-order valence-corrected chi connectivity index (χ3v) is 4.70. The van der Waals surface area contributed by atoms with E-state index in [1.54, 1.807) is 24.7 Å². The molecule has 5 unspecified atom stereocenters. The van der Waals surface area contributed by atoms with Crippen LogP contribution >= 0.6 is 0 Å². The lowest BCUT2D eigenvalue weighted by Gasteiger charge is -2.39. The lowest BCUT2D eigenvalue weighted by atomic mass is 9.95. The van der Waals surface area contributed by atoms with Crippen molar-refractivity contribution in [2.75, 3.05) is 6.61 Å². The highest BCUT2D eigenvalue weighted by atomic mass is 19.1. The van der Waals surface area contributed by atoms with Crippen LogP contribution in [0.5, 0.6) is 0 Å². The van der Waals surface area contributed by atoms with Crippen LogP contribution in [-0.2, 0) is 16.0 Å². The molecule has 0 radical (unpaired) electrons. The summed E-state index contributed by atoms with van der Waals surface area (Å²) in [7, 11) is 0. The predicted molar refractivity (Wildman–Crippen MR) is 81.4 cm³/mol. The minimum Gasteiger partial charge on any atom is -0.389 e. The van der Waals surface area contributed by atoms with Crippen molar-refractivity contribution in [3.05, 3.63) is 48.1 Å². The monoisotopic (exact) mass is 334 g/mol. The Balaban J connectivity index is 1.54. The third kappa shape index (κ3) is 2.61. The summed E-state index contributed by atoms with van der Waals surface area (Å²) in [4.78, 5) is 7.94. The number of aromatic nitrogens is 3. The first-order valence-electron chi connectivity index (χ1n) is 7.91. The summed E-state index contributed by atoms with van der Waals surface area (Å²) in [6.45, 7) is 2.53. The molecule has 2 aliphatic heterocycles. The number of ether oxygens (including phenoxy) is 2. The Bertz CT molecular complexity index is 725. The maximum absolute atomic E-state index is 13.7. The van der Waals surface area contributed by atoms with Gasteiger partial charge in [-0.3, -0.25) is 4.98 Å². The highest BCUT2D eigenvalue weighted by Gasteiger charge is 2.50. The summed E-state index contributed by atoms with van der Waals surface area (Å²) >= 11 is 0. The van der Waals surface area contributed by atoms with Crippen LogP contribution in [0, 0.1) is 12.7 Å². The molecule has 5 atom stereocenters. The van der Waals surface area contributed by atoms with Gasteiger partial charge in [0, 0.05) is 30.7 Å². The number of halogens is 1. The van der Waals surface area contributed by atoms with Gasteiger partial charge in [-0.05, 0) is 13.0 Å². The molecule has 2 bridgehead atoms. The molecule has 2 N–H and O–H groups in total. The number of imidazole rings is 1. The van der Waals surface area contributed by atoms with E-state index in [-0.39, 0.29) is 24.5 Å². The molecule has 0 amide bonds. The summed E-state index contributed by atoms with van der Waals surface area (Å²) in [6.07, 6.45) is 4.68. The summed E-state index contributed by atoms with van der Waals surface area (Å²) in [5.41, 5.74) is 0.494. The van der Waals surface area contributed by atoms with E-state index in [1.807, 2.05) is 11.5 Å². The van der Waals surface area contributed by atoms with E-state index in [0.29, 0.717) is 12.2 Å². The molecule has 2 aromatic rings. The number of aryl methyl sites for hydroxylation is 1. The van der Waals surface area contributed by atoms with Crippen molar-refractivity contribution in [3.8, 4) is 0 Å². The number of nitrogens with zero attached hydrogens (tertiary/aromatic N) is 3. The van der Waals surface area contributed by atoms with Crippen molar-refractivity contribution in [3.63, 3.8) is 0 Å². The number of aliphatic hydroxyl groups is 1. The molecule has 4 heterocycles. The van der Waals surface area contributed by atoms with E-state index < -0.39 is 18.4 Å². The van der Waals surface area contributed by atoms with E-state index in [2.05, 4.69) is 15.3 Å². The SMILES string of the molecule is Cc1nccn1C1C2OCC(O2)C(NCc2ccncc2F)C1O. The molecule has 0 aromatic carbocycles. The molecule has 2 aliphatic rings. The van der Waals surface area contributed by atoms with Gasteiger partial charge < -0.3 is 24.5 Å². The molecule has 0 saturated carbocycles. The molecule has 0 spiro atoms. The molecule has 8 heteroatoms. The Kier molecular flexibility index (Phi) is 4.05. The topological polar surface area (TPSA) is 81.4 Å². The van der Waals surface area contributed by atoms with E-state index in [9.17, 15) is 9.50 Å². The largest absolute Gasteiger partial charge is 0.389 e. The Morgan fingerprint density at radius 2 is 2.33 bits per heavy atom. The van der Waals surface area contributed by atoms with Gasteiger partial charge in [-0.1, -0.05) is 0 Å². The van der Waals surface area contributed by atoms with Gasteiger partial charge in [-0.25, -0.2) is 9.37 Å². The number of hydrogen-bond donors (Lipinski definition) is 2. The Hall–Kier alpha value is -1.87. The predicted octanol–water partition coefficient (Wildman–Crippen LogP) is 0.541. The number of rotatable bonds is 4. The van der Waals surface area contributed by atoms with Crippen LogP contribution in [0.1, 0.15) is 17.4 Å². The number of aliphatic hydroxyl groups excluding tert-OH is 1. The smallest absolute Gasteiger partial charge is 0.181 e. The van der Waals surface area contributed by atoms with Crippen molar-refractivity contribution in [1.82, 2.24) is 19.9 Å². The molecular formula is C16H19FN4O3. The standard InChI is InChI=1S/C16H19FN4O3/c1-9-19-4-5-21(9)14-15(22)13(12-8-23-16(14)24-12)20-6-10-2-3-18-7-11(10)17/h2-5,7,12-16,20,22H,6,8H2,1H3. The summed E-state index contributed by atoms with van der Waals surface area (Å²) in [5, 5.41) is 14.1. The number of fused-ring (bicyclic) bond motifs is 2. The number of pyridine rings is 1. The first-order valence-corrected chi connectivity index (χ1v) is 7.91. The van der Waals surface area contributed by atoms with E-state index in [1.165, 1.54) is 6.20 Å². The molecular weight excluding hydrogens is 315 g/mol. The van der Waals surface area contributed by atoms with Gasteiger partial charge in [0.2, 0.25) is 0 Å². The van der Waals surface area contributed by atoms with Gasteiger partial charge in [0.25, 0.3) is 0 Å². The fraction of sp³-hybridized carbons (Fsp3) is 0.500. The lowest BCUT2D eigenvalue weighted by molar-refractivity contribution is -0.166. The quantitative estimate of drug-likeness (QED) is 0.849. The van der Waals surface area contributed by atoms with Gasteiger partial charge in [-0.15, -0.1) is 0 Å². The molecule has 2 saturated heterocycles. The molecule has 24 heavy (non-hydrogen) atoms. The minimum absolute atomic E-state index is 0.269. The molecule has 2 fully saturated rings. The van der Waals surface area contributed by atoms with Crippen molar-refractivity contribution < 1.29 is 19.0 Å². The zero-order valence-electron chi connectivity index (χ0n) is 13.2. The van der Waals surface area contributed by atoms with E-state index in [0.717, 1.165) is 5.82 Å². The second-order valence-corrected chi connectivity index (χ2v) is 6.11. The van der Waals surface area contributed by atoms with Crippen molar-refractivity contribution in [2.24, 2.45) is 0 Å².